The zero-order valence-corrected chi connectivity index (χ0v) is 13.7. The van der Waals surface area contributed by atoms with E-state index in [2.05, 4.69) is 0 Å². The van der Waals surface area contributed by atoms with Gasteiger partial charge in [0.1, 0.15) is 0 Å². The third-order valence-corrected chi connectivity index (χ3v) is 5.51. The van der Waals surface area contributed by atoms with Crippen molar-refractivity contribution >= 4 is 10.0 Å². The van der Waals surface area contributed by atoms with Gasteiger partial charge in [0.25, 0.3) is 0 Å². The average Bonchev–Trinajstić information content (AvgIpc) is 2.50. The summed E-state index contributed by atoms with van der Waals surface area (Å²) >= 11 is 0. The standard InChI is InChI=1S/C17H21NO3S/c1-14-8-9-17(12-15(14)2)22(20,21)18(10-11-19)13-16-6-4-3-5-7-16/h3-9,12,19H,10-11,13H2,1-2H3. The number of hydrogen-bond acceptors (Lipinski definition) is 3. The van der Waals surface area contributed by atoms with Crippen molar-refractivity contribution < 1.29 is 13.5 Å². The van der Waals surface area contributed by atoms with Gasteiger partial charge in [0.2, 0.25) is 10.0 Å². The number of aliphatic hydroxyl groups excluding tert-OH is 1. The molecule has 5 heteroatoms. The lowest BCUT2D eigenvalue weighted by Gasteiger charge is -2.22. The molecule has 0 saturated carbocycles. The van der Waals surface area contributed by atoms with Crippen molar-refractivity contribution in [1.29, 1.82) is 0 Å². The van der Waals surface area contributed by atoms with Gasteiger partial charge >= 0.3 is 0 Å². The molecule has 4 nitrogen and oxygen atoms in total. The van der Waals surface area contributed by atoms with E-state index >= 15 is 0 Å². The molecule has 2 rings (SSSR count). The van der Waals surface area contributed by atoms with E-state index in [0.717, 1.165) is 16.7 Å². The van der Waals surface area contributed by atoms with Crippen LogP contribution in [0.1, 0.15) is 16.7 Å². The summed E-state index contributed by atoms with van der Waals surface area (Å²) in [5.74, 6) is 0. The van der Waals surface area contributed by atoms with Gasteiger partial charge in [0, 0.05) is 13.1 Å². The van der Waals surface area contributed by atoms with Crippen LogP contribution in [0.2, 0.25) is 0 Å². The van der Waals surface area contributed by atoms with Crippen molar-refractivity contribution in [3.05, 3.63) is 65.2 Å². The van der Waals surface area contributed by atoms with Crippen molar-refractivity contribution in [3.63, 3.8) is 0 Å². The smallest absolute Gasteiger partial charge is 0.243 e. The first-order chi connectivity index (χ1) is 10.4. The van der Waals surface area contributed by atoms with Gasteiger partial charge in [-0.1, -0.05) is 36.4 Å². The Bertz CT molecular complexity index is 727. The summed E-state index contributed by atoms with van der Waals surface area (Å²) in [7, 11) is -3.63. The van der Waals surface area contributed by atoms with Gasteiger partial charge < -0.3 is 5.11 Å². The van der Waals surface area contributed by atoms with Crippen LogP contribution >= 0.6 is 0 Å². The Morgan fingerprint density at radius 3 is 2.27 bits per heavy atom. The number of benzene rings is 2. The molecule has 0 heterocycles. The van der Waals surface area contributed by atoms with Gasteiger partial charge in [-0.2, -0.15) is 4.31 Å². The second-order valence-corrected chi connectivity index (χ2v) is 7.23. The zero-order valence-electron chi connectivity index (χ0n) is 12.9. The molecule has 0 spiro atoms. The first-order valence-electron chi connectivity index (χ1n) is 7.17. The van der Waals surface area contributed by atoms with Crippen LogP contribution in [0.15, 0.2) is 53.4 Å². The first-order valence-corrected chi connectivity index (χ1v) is 8.61. The molecule has 0 radical (unpaired) electrons. The third-order valence-electron chi connectivity index (χ3n) is 3.67. The molecule has 1 N–H and O–H groups in total. The lowest BCUT2D eigenvalue weighted by atomic mass is 10.1. The molecule has 0 atom stereocenters. The summed E-state index contributed by atoms with van der Waals surface area (Å²) in [5.41, 5.74) is 2.88. The SMILES string of the molecule is Cc1ccc(S(=O)(=O)N(CCO)Cc2ccccc2)cc1C. The fourth-order valence-corrected chi connectivity index (χ4v) is 3.71. The lowest BCUT2D eigenvalue weighted by Crippen LogP contribution is -2.33. The molecule has 0 aromatic heterocycles. The van der Waals surface area contributed by atoms with Gasteiger partial charge in [-0.3, -0.25) is 0 Å². The highest BCUT2D eigenvalue weighted by molar-refractivity contribution is 7.89. The molecule has 0 fully saturated rings. The molecule has 22 heavy (non-hydrogen) atoms. The summed E-state index contributed by atoms with van der Waals surface area (Å²) in [5, 5.41) is 9.22. The predicted octanol–water partition coefficient (Wildman–Crippen LogP) is 2.49. The van der Waals surface area contributed by atoms with Gasteiger partial charge in [-0.15, -0.1) is 0 Å². The maximum absolute atomic E-state index is 12.8. The second-order valence-electron chi connectivity index (χ2n) is 5.29. The molecule has 0 unspecified atom stereocenters. The largest absolute Gasteiger partial charge is 0.395 e. The van der Waals surface area contributed by atoms with Crippen LogP contribution in [0.3, 0.4) is 0 Å². The Hall–Kier alpha value is -1.69. The maximum Gasteiger partial charge on any atom is 0.243 e. The number of nitrogens with zero attached hydrogens (tertiary/aromatic N) is 1. The molecular formula is C17H21NO3S. The fourth-order valence-electron chi connectivity index (χ4n) is 2.21. The first kappa shape index (κ1) is 16.7. The van der Waals surface area contributed by atoms with Gasteiger partial charge in [-0.05, 0) is 42.7 Å². The van der Waals surface area contributed by atoms with Crippen molar-refractivity contribution in [3.8, 4) is 0 Å². The Balaban J connectivity index is 2.35. The van der Waals surface area contributed by atoms with E-state index in [1.165, 1.54) is 4.31 Å². The highest BCUT2D eigenvalue weighted by atomic mass is 32.2. The Morgan fingerprint density at radius 2 is 1.68 bits per heavy atom. The maximum atomic E-state index is 12.8. The molecular weight excluding hydrogens is 298 g/mol. The fraction of sp³-hybridized carbons (Fsp3) is 0.294. The van der Waals surface area contributed by atoms with Crippen molar-refractivity contribution in [2.75, 3.05) is 13.2 Å². The minimum Gasteiger partial charge on any atom is -0.395 e. The molecule has 0 aliphatic heterocycles. The summed E-state index contributed by atoms with van der Waals surface area (Å²) in [6, 6.07) is 14.5. The summed E-state index contributed by atoms with van der Waals surface area (Å²) in [6.07, 6.45) is 0. The molecule has 2 aromatic rings. The van der Waals surface area contributed by atoms with Gasteiger partial charge in [0.15, 0.2) is 0 Å². The van der Waals surface area contributed by atoms with Crippen LogP contribution in [0.5, 0.6) is 0 Å². The van der Waals surface area contributed by atoms with Crippen molar-refractivity contribution in [2.24, 2.45) is 0 Å². The lowest BCUT2D eigenvalue weighted by molar-refractivity contribution is 0.251. The Morgan fingerprint density at radius 1 is 1.00 bits per heavy atom. The van der Waals surface area contributed by atoms with Crippen molar-refractivity contribution in [2.45, 2.75) is 25.3 Å². The highest BCUT2D eigenvalue weighted by Crippen LogP contribution is 2.20. The highest BCUT2D eigenvalue weighted by Gasteiger charge is 2.24. The van der Waals surface area contributed by atoms with E-state index in [1.54, 1.807) is 12.1 Å². The Kier molecular flexibility index (Phi) is 5.34. The van der Waals surface area contributed by atoms with E-state index in [4.69, 9.17) is 0 Å². The third kappa shape index (κ3) is 3.74. The van der Waals surface area contributed by atoms with E-state index in [0.29, 0.717) is 0 Å². The van der Waals surface area contributed by atoms with Crippen LogP contribution < -0.4 is 0 Å². The average molecular weight is 319 g/mol. The molecule has 2 aromatic carbocycles. The predicted molar refractivity (Wildman–Crippen MR) is 87.0 cm³/mol. The number of rotatable bonds is 6. The molecule has 0 saturated heterocycles. The molecule has 0 amide bonds. The minimum atomic E-state index is -3.63. The summed E-state index contributed by atoms with van der Waals surface area (Å²) in [4.78, 5) is 0.264. The monoisotopic (exact) mass is 319 g/mol. The zero-order chi connectivity index (χ0) is 16.2. The molecule has 0 bridgehead atoms. The van der Waals surface area contributed by atoms with Gasteiger partial charge in [-0.25, -0.2) is 8.42 Å². The van der Waals surface area contributed by atoms with Crippen molar-refractivity contribution in [1.82, 2.24) is 4.31 Å². The Labute approximate surface area is 132 Å². The van der Waals surface area contributed by atoms with E-state index in [1.807, 2.05) is 50.2 Å². The number of hydrogen-bond donors (Lipinski definition) is 1. The minimum absolute atomic E-state index is 0.0736. The van der Waals surface area contributed by atoms with Gasteiger partial charge in [0.05, 0.1) is 11.5 Å². The van der Waals surface area contributed by atoms with Crippen LogP contribution in [0.4, 0.5) is 0 Å². The number of aliphatic hydroxyl groups is 1. The number of sulfonamides is 1. The van der Waals surface area contributed by atoms with E-state index < -0.39 is 10.0 Å². The quantitative estimate of drug-likeness (QED) is 0.890. The van der Waals surface area contributed by atoms with Crippen LogP contribution in [-0.2, 0) is 16.6 Å². The number of aryl methyl sites for hydroxylation is 2. The van der Waals surface area contributed by atoms with E-state index in [9.17, 15) is 13.5 Å². The van der Waals surface area contributed by atoms with Crippen LogP contribution in [-0.4, -0.2) is 31.0 Å². The van der Waals surface area contributed by atoms with Crippen LogP contribution in [0, 0.1) is 13.8 Å². The summed E-state index contributed by atoms with van der Waals surface area (Å²) in [6.45, 7) is 3.95. The molecule has 0 aliphatic carbocycles. The normalized spacial score (nSPS) is 11.8. The molecule has 118 valence electrons. The van der Waals surface area contributed by atoms with Crippen LogP contribution in [0.25, 0.3) is 0 Å². The second kappa shape index (κ2) is 7.05. The summed E-state index contributed by atoms with van der Waals surface area (Å²) < 4.78 is 26.9. The van der Waals surface area contributed by atoms with E-state index in [-0.39, 0.29) is 24.6 Å². The topological polar surface area (TPSA) is 57.6 Å². The molecule has 0 aliphatic rings.